The van der Waals surface area contributed by atoms with E-state index in [1.165, 1.54) is 24.0 Å². The summed E-state index contributed by atoms with van der Waals surface area (Å²) >= 11 is 0. The van der Waals surface area contributed by atoms with Gasteiger partial charge >= 0.3 is 0 Å². The normalized spacial score (nSPS) is 11.2. The number of allylic oxidation sites excluding steroid dienone is 1. The maximum Gasteiger partial charge on any atom is 0.187 e. The molecule has 1 N–H and O–H groups in total. The number of ketones is 1. The van der Waals surface area contributed by atoms with Crippen LogP contribution in [0.5, 0.6) is 0 Å². The maximum atomic E-state index is 12.2. The molecule has 0 aliphatic rings. The van der Waals surface area contributed by atoms with Crippen molar-refractivity contribution >= 4 is 11.5 Å². The van der Waals surface area contributed by atoms with Crippen molar-refractivity contribution in [3.05, 3.63) is 77.5 Å². The highest BCUT2D eigenvalue weighted by molar-refractivity contribution is 6.04. The van der Waals surface area contributed by atoms with Gasteiger partial charge in [0.1, 0.15) is 0 Å². The van der Waals surface area contributed by atoms with Crippen LogP contribution in [-0.4, -0.2) is 5.78 Å². The summed E-state index contributed by atoms with van der Waals surface area (Å²) in [7, 11) is 0. The van der Waals surface area contributed by atoms with Gasteiger partial charge in [-0.3, -0.25) is 4.79 Å². The Bertz CT molecular complexity index is 666. The Morgan fingerprint density at radius 1 is 1.04 bits per heavy atom. The summed E-state index contributed by atoms with van der Waals surface area (Å²) in [5, 5.41) is 3.16. The number of carbonyl (C=O) groups is 1. The molecule has 2 aromatic carbocycles. The number of carbonyl (C=O) groups excluding carboxylic acids is 1. The zero-order valence-electron chi connectivity index (χ0n) is 14.9. The zero-order chi connectivity index (χ0) is 17.4. The summed E-state index contributed by atoms with van der Waals surface area (Å²) in [5.74, 6) is 0.490. The van der Waals surface area contributed by atoms with Crippen molar-refractivity contribution in [2.75, 3.05) is 5.32 Å². The second-order valence-electron chi connectivity index (χ2n) is 6.42. The molecule has 0 bridgehead atoms. The molecule has 2 heteroatoms. The van der Waals surface area contributed by atoms with E-state index in [9.17, 15) is 4.79 Å². The van der Waals surface area contributed by atoms with E-state index in [0.717, 1.165) is 12.1 Å². The largest absolute Gasteiger partial charge is 0.362 e. The molecule has 0 aliphatic heterocycles. The molecule has 0 fully saturated rings. The van der Waals surface area contributed by atoms with Crippen LogP contribution in [0.2, 0.25) is 0 Å². The summed E-state index contributed by atoms with van der Waals surface area (Å²) in [6, 6.07) is 16.2. The van der Waals surface area contributed by atoms with Crippen LogP contribution >= 0.6 is 0 Å². The van der Waals surface area contributed by atoms with Crippen molar-refractivity contribution in [3.63, 3.8) is 0 Å². The first kappa shape index (κ1) is 18.0. The number of rotatable bonds is 8. The van der Waals surface area contributed by atoms with E-state index in [1.54, 1.807) is 12.3 Å². The third-order valence-electron chi connectivity index (χ3n) is 4.12. The molecule has 0 aliphatic carbocycles. The van der Waals surface area contributed by atoms with E-state index in [-0.39, 0.29) is 5.78 Å². The Kier molecular flexibility index (Phi) is 6.80. The summed E-state index contributed by atoms with van der Waals surface area (Å²) in [6.07, 6.45) is 6.84. The lowest BCUT2D eigenvalue weighted by atomic mass is 10.0. The summed E-state index contributed by atoms with van der Waals surface area (Å²) in [4.78, 5) is 12.2. The van der Waals surface area contributed by atoms with Gasteiger partial charge in [-0.1, -0.05) is 63.6 Å². The smallest absolute Gasteiger partial charge is 0.187 e. The molecule has 2 aromatic rings. The summed E-state index contributed by atoms with van der Waals surface area (Å²) < 4.78 is 0. The Balaban J connectivity index is 1.89. The minimum absolute atomic E-state index is 0.0115. The Hall–Kier alpha value is -2.35. The van der Waals surface area contributed by atoms with Crippen molar-refractivity contribution in [3.8, 4) is 0 Å². The number of nitrogens with one attached hydrogen (secondary N) is 1. The number of anilines is 1. The molecular weight excluding hydrogens is 294 g/mol. The van der Waals surface area contributed by atoms with Gasteiger partial charge in [0.15, 0.2) is 5.78 Å². The minimum atomic E-state index is 0.0115. The van der Waals surface area contributed by atoms with Gasteiger partial charge in [-0.15, -0.1) is 0 Å². The predicted molar refractivity (Wildman–Crippen MR) is 103 cm³/mol. The molecule has 0 aromatic heterocycles. The lowest BCUT2D eigenvalue weighted by Gasteiger charge is -2.05. The third kappa shape index (κ3) is 5.38. The number of unbranched alkanes of at least 4 members (excludes halogenated alkanes) is 1. The minimum Gasteiger partial charge on any atom is -0.362 e. The van der Waals surface area contributed by atoms with E-state index in [2.05, 4.69) is 50.4 Å². The second-order valence-corrected chi connectivity index (χ2v) is 6.42. The highest BCUT2D eigenvalue weighted by Gasteiger charge is 2.03. The van der Waals surface area contributed by atoms with Crippen molar-refractivity contribution in [1.29, 1.82) is 0 Å². The van der Waals surface area contributed by atoms with Crippen LogP contribution < -0.4 is 5.32 Å². The predicted octanol–water partition coefficient (Wildman–Crippen LogP) is 5.96. The molecule has 0 atom stereocenters. The van der Waals surface area contributed by atoms with Crippen LogP contribution in [0.25, 0.3) is 0 Å². The lowest BCUT2D eigenvalue weighted by molar-refractivity contribution is 0.104. The van der Waals surface area contributed by atoms with Crippen LogP contribution in [0.15, 0.2) is 60.8 Å². The molecule has 0 unspecified atom stereocenters. The SMILES string of the molecule is CCCCc1ccc(NC=CC(=O)c2ccc(C(C)C)cc2)cc1. The molecule has 24 heavy (non-hydrogen) atoms. The van der Waals surface area contributed by atoms with E-state index in [1.807, 2.05) is 24.3 Å². The summed E-state index contributed by atoms with van der Waals surface area (Å²) in [5.41, 5.74) is 4.31. The second kappa shape index (κ2) is 9.07. The highest BCUT2D eigenvalue weighted by atomic mass is 16.1. The average Bonchev–Trinajstić information content (AvgIpc) is 2.61. The Labute approximate surface area is 145 Å². The topological polar surface area (TPSA) is 29.1 Å². The van der Waals surface area contributed by atoms with Crippen LogP contribution in [0.3, 0.4) is 0 Å². The number of benzene rings is 2. The fourth-order valence-corrected chi connectivity index (χ4v) is 2.49. The average molecular weight is 321 g/mol. The van der Waals surface area contributed by atoms with Gasteiger partial charge in [0.2, 0.25) is 0 Å². The van der Waals surface area contributed by atoms with Gasteiger partial charge < -0.3 is 5.32 Å². The first-order valence-electron chi connectivity index (χ1n) is 8.76. The van der Waals surface area contributed by atoms with Gasteiger partial charge in [-0.25, -0.2) is 0 Å². The van der Waals surface area contributed by atoms with Crippen molar-refractivity contribution in [2.45, 2.75) is 46.0 Å². The van der Waals surface area contributed by atoms with Gasteiger partial charge in [-0.05, 0) is 42.0 Å². The molecule has 0 saturated carbocycles. The molecule has 2 rings (SSSR count). The quantitative estimate of drug-likeness (QED) is 0.480. The maximum absolute atomic E-state index is 12.2. The van der Waals surface area contributed by atoms with Crippen molar-refractivity contribution < 1.29 is 4.79 Å². The van der Waals surface area contributed by atoms with Crippen LogP contribution in [0, 0.1) is 0 Å². The molecule has 0 amide bonds. The highest BCUT2D eigenvalue weighted by Crippen LogP contribution is 2.15. The van der Waals surface area contributed by atoms with E-state index < -0.39 is 0 Å². The van der Waals surface area contributed by atoms with Crippen molar-refractivity contribution in [1.82, 2.24) is 0 Å². The standard InChI is InChI=1S/C22H27NO/c1-4-5-6-18-7-13-21(14-8-18)23-16-15-22(24)20-11-9-19(10-12-20)17(2)3/h7-17,23H,4-6H2,1-3H3. The van der Waals surface area contributed by atoms with Crippen LogP contribution in [0.1, 0.15) is 61.0 Å². The van der Waals surface area contributed by atoms with Gasteiger partial charge in [0.05, 0.1) is 0 Å². The third-order valence-corrected chi connectivity index (χ3v) is 4.12. The van der Waals surface area contributed by atoms with Gasteiger partial charge in [0, 0.05) is 23.5 Å². The van der Waals surface area contributed by atoms with E-state index in [4.69, 9.17) is 0 Å². The molecular formula is C22H27NO. The first-order valence-corrected chi connectivity index (χ1v) is 8.76. The molecule has 0 saturated heterocycles. The first-order chi connectivity index (χ1) is 11.6. The number of hydrogen-bond acceptors (Lipinski definition) is 2. The van der Waals surface area contributed by atoms with Gasteiger partial charge in [-0.2, -0.15) is 0 Å². The Morgan fingerprint density at radius 2 is 1.71 bits per heavy atom. The Morgan fingerprint density at radius 3 is 2.29 bits per heavy atom. The van der Waals surface area contributed by atoms with E-state index in [0.29, 0.717) is 11.5 Å². The summed E-state index contributed by atoms with van der Waals surface area (Å²) in [6.45, 7) is 6.50. The number of aryl methyl sites for hydroxylation is 1. The number of hydrogen-bond donors (Lipinski definition) is 1. The zero-order valence-corrected chi connectivity index (χ0v) is 14.9. The molecule has 2 nitrogen and oxygen atoms in total. The molecule has 126 valence electrons. The molecule has 0 radical (unpaired) electrons. The molecule has 0 spiro atoms. The fourth-order valence-electron chi connectivity index (χ4n) is 2.49. The molecule has 0 heterocycles. The van der Waals surface area contributed by atoms with E-state index >= 15 is 0 Å². The lowest BCUT2D eigenvalue weighted by Crippen LogP contribution is -1.97. The fraction of sp³-hybridized carbons (Fsp3) is 0.318. The van der Waals surface area contributed by atoms with Crippen LogP contribution in [-0.2, 0) is 6.42 Å². The van der Waals surface area contributed by atoms with Crippen molar-refractivity contribution in [2.24, 2.45) is 0 Å². The van der Waals surface area contributed by atoms with Gasteiger partial charge in [0.25, 0.3) is 0 Å². The van der Waals surface area contributed by atoms with Crippen LogP contribution in [0.4, 0.5) is 5.69 Å². The monoisotopic (exact) mass is 321 g/mol.